The Balaban J connectivity index is 2.09. The van der Waals surface area contributed by atoms with Crippen molar-refractivity contribution < 1.29 is 14.3 Å². The molecular formula is C15H13Cl2N3O4S. The summed E-state index contributed by atoms with van der Waals surface area (Å²) in [7, 11) is 0. The standard InChI is InChI=1S/C15H13Cl2N3O4S/c1-2-24-12(21)8-20-13(17)11(25-15(20)23)7-18-19-14(22)9-5-3-4-6-10(9)16/h3-7H,2,8H2,1H3,(H,19,22). The zero-order valence-electron chi connectivity index (χ0n) is 13.0. The van der Waals surface area contributed by atoms with Crippen LogP contribution in [0.5, 0.6) is 0 Å². The molecule has 0 fully saturated rings. The van der Waals surface area contributed by atoms with Crippen LogP contribution in [0.3, 0.4) is 0 Å². The molecule has 10 heteroatoms. The number of esters is 1. The SMILES string of the molecule is CCOC(=O)Cn1c(Cl)c(C=NNC(=O)c2ccccc2Cl)sc1=O. The van der Waals surface area contributed by atoms with E-state index in [4.69, 9.17) is 27.9 Å². The first-order valence-corrected chi connectivity index (χ1v) is 8.64. The number of benzene rings is 1. The van der Waals surface area contributed by atoms with Crippen LogP contribution in [0.25, 0.3) is 0 Å². The first kappa shape index (κ1) is 19.2. The molecule has 0 bridgehead atoms. The lowest BCUT2D eigenvalue weighted by molar-refractivity contribution is -0.143. The third kappa shape index (κ3) is 4.91. The van der Waals surface area contributed by atoms with Crippen molar-refractivity contribution in [2.24, 2.45) is 5.10 Å². The van der Waals surface area contributed by atoms with Gasteiger partial charge < -0.3 is 4.74 Å². The molecule has 0 saturated heterocycles. The number of ether oxygens (including phenoxy) is 1. The average Bonchev–Trinajstić information content (AvgIpc) is 2.83. The van der Waals surface area contributed by atoms with Gasteiger partial charge in [-0.15, -0.1) is 0 Å². The maximum absolute atomic E-state index is 12.0. The lowest BCUT2D eigenvalue weighted by Crippen LogP contribution is -2.21. The summed E-state index contributed by atoms with van der Waals surface area (Å²) in [4.78, 5) is 35.2. The monoisotopic (exact) mass is 401 g/mol. The summed E-state index contributed by atoms with van der Waals surface area (Å²) in [5.41, 5.74) is 2.56. The summed E-state index contributed by atoms with van der Waals surface area (Å²) in [6.45, 7) is 1.58. The fourth-order valence-corrected chi connectivity index (χ4v) is 3.14. The van der Waals surface area contributed by atoms with E-state index in [0.717, 1.165) is 15.9 Å². The van der Waals surface area contributed by atoms with Crippen LogP contribution in [-0.4, -0.2) is 29.3 Å². The molecule has 1 N–H and O–H groups in total. The number of hydrazone groups is 1. The summed E-state index contributed by atoms with van der Waals surface area (Å²) in [6.07, 6.45) is 1.23. The Hall–Kier alpha value is -2.16. The average molecular weight is 402 g/mol. The second-order valence-corrected chi connectivity index (χ2v) is 6.35. The second kappa shape index (κ2) is 8.80. The van der Waals surface area contributed by atoms with Crippen molar-refractivity contribution in [1.29, 1.82) is 0 Å². The molecule has 1 aromatic carbocycles. The van der Waals surface area contributed by atoms with Crippen molar-refractivity contribution in [3.05, 3.63) is 54.5 Å². The van der Waals surface area contributed by atoms with Crippen LogP contribution in [0.15, 0.2) is 34.2 Å². The minimum atomic E-state index is -0.570. The molecule has 1 aromatic heterocycles. The number of hydrogen-bond acceptors (Lipinski definition) is 6. The first-order chi connectivity index (χ1) is 11.9. The molecule has 0 aliphatic carbocycles. The lowest BCUT2D eigenvalue weighted by Gasteiger charge is -2.03. The third-order valence-corrected chi connectivity index (χ3v) is 4.68. The predicted octanol–water partition coefficient (Wildman–Crippen LogP) is 2.54. The molecular weight excluding hydrogens is 389 g/mol. The van der Waals surface area contributed by atoms with E-state index in [1.165, 1.54) is 6.21 Å². The van der Waals surface area contributed by atoms with Gasteiger partial charge in [0.05, 0.1) is 28.3 Å². The number of halogens is 2. The van der Waals surface area contributed by atoms with Gasteiger partial charge >= 0.3 is 10.8 Å². The van der Waals surface area contributed by atoms with Crippen molar-refractivity contribution in [2.45, 2.75) is 13.5 Å². The Bertz CT molecular complexity index is 876. The molecule has 0 saturated carbocycles. The lowest BCUT2D eigenvalue weighted by atomic mass is 10.2. The van der Waals surface area contributed by atoms with E-state index in [2.05, 4.69) is 10.5 Å². The highest BCUT2D eigenvalue weighted by Crippen LogP contribution is 2.17. The van der Waals surface area contributed by atoms with Gasteiger partial charge in [-0.25, -0.2) is 5.43 Å². The van der Waals surface area contributed by atoms with Crippen LogP contribution in [0.4, 0.5) is 0 Å². The first-order valence-electron chi connectivity index (χ1n) is 7.06. The molecule has 0 unspecified atom stereocenters. The van der Waals surface area contributed by atoms with Gasteiger partial charge in [-0.2, -0.15) is 5.10 Å². The van der Waals surface area contributed by atoms with Gasteiger partial charge in [0.25, 0.3) is 5.91 Å². The van der Waals surface area contributed by atoms with E-state index >= 15 is 0 Å². The van der Waals surface area contributed by atoms with Crippen LogP contribution in [0, 0.1) is 0 Å². The van der Waals surface area contributed by atoms with Gasteiger partial charge in [-0.3, -0.25) is 19.0 Å². The summed E-state index contributed by atoms with van der Waals surface area (Å²) in [5.74, 6) is -1.07. The van der Waals surface area contributed by atoms with Crippen molar-refractivity contribution in [1.82, 2.24) is 9.99 Å². The van der Waals surface area contributed by atoms with Gasteiger partial charge in [0, 0.05) is 0 Å². The van der Waals surface area contributed by atoms with Crippen LogP contribution in [0.2, 0.25) is 10.2 Å². The smallest absolute Gasteiger partial charge is 0.326 e. The maximum Gasteiger partial charge on any atom is 0.326 e. The van der Waals surface area contributed by atoms with E-state index in [0.29, 0.717) is 9.90 Å². The molecule has 132 valence electrons. The third-order valence-electron chi connectivity index (χ3n) is 2.92. The van der Waals surface area contributed by atoms with Crippen LogP contribution < -0.4 is 10.3 Å². The Morgan fingerprint density at radius 2 is 2.08 bits per heavy atom. The van der Waals surface area contributed by atoms with Crippen LogP contribution in [-0.2, 0) is 16.1 Å². The van der Waals surface area contributed by atoms with E-state index in [-0.39, 0.29) is 23.9 Å². The summed E-state index contributed by atoms with van der Waals surface area (Å²) in [5, 5.41) is 4.09. The van der Waals surface area contributed by atoms with Crippen LogP contribution >= 0.6 is 34.5 Å². The highest BCUT2D eigenvalue weighted by atomic mass is 35.5. The number of aromatic nitrogens is 1. The number of hydrogen-bond donors (Lipinski definition) is 1. The quantitative estimate of drug-likeness (QED) is 0.457. The largest absolute Gasteiger partial charge is 0.465 e. The number of carbonyl (C=O) groups excluding carboxylic acids is 2. The Kier molecular flexibility index (Phi) is 6.74. The molecule has 0 aliphatic rings. The molecule has 7 nitrogen and oxygen atoms in total. The van der Waals surface area contributed by atoms with Crippen molar-refractivity contribution >= 4 is 52.6 Å². The van der Waals surface area contributed by atoms with E-state index in [9.17, 15) is 14.4 Å². The highest BCUT2D eigenvalue weighted by molar-refractivity contribution is 7.11. The molecule has 2 rings (SSSR count). The number of amides is 1. The molecule has 1 amide bonds. The molecule has 0 spiro atoms. The molecule has 1 heterocycles. The molecule has 0 aliphatic heterocycles. The second-order valence-electron chi connectivity index (χ2n) is 4.59. The van der Waals surface area contributed by atoms with Crippen LogP contribution in [0.1, 0.15) is 22.2 Å². The number of rotatable bonds is 6. The molecule has 0 atom stereocenters. The fourth-order valence-electron chi connectivity index (χ4n) is 1.81. The number of nitrogens with zero attached hydrogens (tertiary/aromatic N) is 2. The highest BCUT2D eigenvalue weighted by Gasteiger charge is 2.15. The van der Waals surface area contributed by atoms with Gasteiger partial charge in [-0.05, 0) is 19.1 Å². The molecule has 25 heavy (non-hydrogen) atoms. The Labute approximate surface area is 156 Å². The summed E-state index contributed by atoms with van der Waals surface area (Å²) < 4.78 is 5.85. The van der Waals surface area contributed by atoms with Gasteiger partial charge in [-0.1, -0.05) is 46.7 Å². The fraction of sp³-hybridized carbons (Fsp3) is 0.200. The van der Waals surface area contributed by atoms with Crippen molar-refractivity contribution in [2.75, 3.05) is 6.61 Å². The normalized spacial score (nSPS) is 10.8. The maximum atomic E-state index is 12.0. The van der Waals surface area contributed by atoms with E-state index in [1.54, 1.807) is 31.2 Å². The Morgan fingerprint density at radius 1 is 1.36 bits per heavy atom. The van der Waals surface area contributed by atoms with E-state index in [1.807, 2.05) is 0 Å². The summed E-state index contributed by atoms with van der Waals surface area (Å²) >= 11 is 12.8. The molecule has 0 radical (unpaired) electrons. The van der Waals surface area contributed by atoms with Gasteiger partial charge in [0.2, 0.25) is 0 Å². The van der Waals surface area contributed by atoms with E-state index < -0.39 is 16.7 Å². The van der Waals surface area contributed by atoms with Crippen molar-refractivity contribution in [3.8, 4) is 0 Å². The van der Waals surface area contributed by atoms with Crippen molar-refractivity contribution in [3.63, 3.8) is 0 Å². The zero-order valence-corrected chi connectivity index (χ0v) is 15.3. The Morgan fingerprint density at radius 3 is 2.76 bits per heavy atom. The molecule has 2 aromatic rings. The number of nitrogens with one attached hydrogen (secondary N) is 1. The summed E-state index contributed by atoms with van der Waals surface area (Å²) in [6, 6.07) is 6.50. The minimum Gasteiger partial charge on any atom is -0.465 e. The predicted molar refractivity (Wildman–Crippen MR) is 96.7 cm³/mol. The van der Waals surface area contributed by atoms with Gasteiger partial charge in [0.1, 0.15) is 11.7 Å². The number of thiazole rings is 1. The van der Waals surface area contributed by atoms with Gasteiger partial charge in [0.15, 0.2) is 0 Å². The minimum absolute atomic E-state index is 0.0406. The zero-order chi connectivity index (χ0) is 18.4. The number of carbonyl (C=O) groups is 2. The topological polar surface area (TPSA) is 89.8 Å².